The van der Waals surface area contributed by atoms with Crippen molar-refractivity contribution in [3.63, 3.8) is 0 Å². The third kappa shape index (κ3) is 2.48. The van der Waals surface area contributed by atoms with Gasteiger partial charge in [0.25, 0.3) is 0 Å². The van der Waals surface area contributed by atoms with E-state index in [1.54, 1.807) is 0 Å². The first-order chi connectivity index (χ1) is 7.21. The molecule has 2 atom stereocenters. The number of amides is 1. The minimum Gasteiger partial charge on any atom is -0.379 e. The number of hydrogen-bond acceptors (Lipinski definition) is 4. The van der Waals surface area contributed by atoms with Gasteiger partial charge in [-0.25, -0.2) is 0 Å². The van der Waals surface area contributed by atoms with E-state index in [-0.39, 0.29) is 11.9 Å². The molecule has 0 aliphatic carbocycles. The molecule has 15 heavy (non-hydrogen) atoms. The van der Waals surface area contributed by atoms with Crippen LogP contribution in [0, 0.1) is 0 Å². The Bertz CT molecular complexity index is 233. The summed E-state index contributed by atoms with van der Waals surface area (Å²) >= 11 is 0. The van der Waals surface area contributed by atoms with Crippen molar-refractivity contribution < 1.29 is 14.3 Å². The highest BCUT2D eigenvalue weighted by Gasteiger charge is 2.39. The monoisotopic (exact) mass is 214 g/mol. The molecule has 2 heterocycles. The second-order valence-corrected chi connectivity index (χ2v) is 4.35. The lowest BCUT2D eigenvalue weighted by molar-refractivity contribution is -0.128. The van der Waals surface area contributed by atoms with Gasteiger partial charge in [-0.3, -0.25) is 4.79 Å². The summed E-state index contributed by atoms with van der Waals surface area (Å²) in [6, 6.07) is 0.118. The predicted molar refractivity (Wildman–Crippen MR) is 54.3 cm³/mol. The van der Waals surface area contributed by atoms with Gasteiger partial charge in [0, 0.05) is 13.2 Å². The first kappa shape index (κ1) is 10.9. The lowest BCUT2D eigenvalue weighted by atomic mass is 9.98. The van der Waals surface area contributed by atoms with E-state index < -0.39 is 5.54 Å². The number of rotatable bonds is 2. The molecule has 0 aromatic heterocycles. The Morgan fingerprint density at radius 3 is 2.87 bits per heavy atom. The Balaban J connectivity index is 1.85. The maximum absolute atomic E-state index is 11.9. The van der Waals surface area contributed by atoms with Crippen molar-refractivity contribution in [2.75, 3.05) is 26.4 Å². The molecule has 0 aromatic carbocycles. The molecule has 0 spiro atoms. The predicted octanol–water partition coefficient (Wildman–Crippen LogP) is -0.601. The SMILES string of the molecule is NC1(C(=O)NC2CCCOC2)CCOC1. The van der Waals surface area contributed by atoms with E-state index in [0.29, 0.717) is 26.2 Å². The standard InChI is InChI=1S/C10H18N2O3/c11-10(3-5-15-7-10)9(13)12-8-2-1-4-14-6-8/h8H,1-7,11H2,(H,12,13). The van der Waals surface area contributed by atoms with Crippen LogP contribution in [0.15, 0.2) is 0 Å². The lowest BCUT2D eigenvalue weighted by Gasteiger charge is -2.27. The number of nitrogens with two attached hydrogens (primary N) is 1. The van der Waals surface area contributed by atoms with Crippen molar-refractivity contribution in [2.45, 2.75) is 30.8 Å². The van der Waals surface area contributed by atoms with Crippen molar-refractivity contribution in [2.24, 2.45) is 5.73 Å². The van der Waals surface area contributed by atoms with Gasteiger partial charge in [-0.1, -0.05) is 0 Å². The number of nitrogens with one attached hydrogen (secondary N) is 1. The fourth-order valence-corrected chi connectivity index (χ4v) is 1.94. The molecule has 5 nitrogen and oxygen atoms in total. The largest absolute Gasteiger partial charge is 0.379 e. The zero-order valence-electron chi connectivity index (χ0n) is 8.83. The zero-order valence-corrected chi connectivity index (χ0v) is 8.83. The smallest absolute Gasteiger partial charge is 0.242 e. The summed E-state index contributed by atoms with van der Waals surface area (Å²) in [6.45, 7) is 2.30. The van der Waals surface area contributed by atoms with Crippen LogP contribution in [0.2, 0.25) is 0 Å². The normalized spacial score (nSPS) is 36.5. The second kappa shape index (κ2) is 4.47. The topological polar surface area (TPSA) is 73.6 Å². The first-order valence-electron chi connectivity index (χ1n) is 5.46. The van der Waals surface area contributed by atoms with Crippen molar-refractivity contribution >= 4 is 5.91 Å². The third-order valence-electron chi connectivity index (χ3n) is 3.00. The van der Waals surface area contributed by atoms with Gasteiger partial charge in [0.05, 0.1) is 19.3 Å². The fourth-order valence-electron chi connectivity index (χ4n) is 1.94. The molecule has 0 aromatic rings. The molecular formula is C10H18N2O3. The molecule has 86 valence electrons. The summed E-state index contributed by atoms with van der Waals surface area (Å²) in [4.78, 5) is 11.9. The molecule has 2 fully saturated rings. The van der Waals surface area contributed by atoms with Gasteiger partial charge in [0.15, 0.2) is 0 Å². The van der Waals surface area contributed by atoms with Crippen LogP contribution in [-0.2, 0) is 14.3 Å². The molecule has 2 unspecified atom stereocenters. The van der Waals surface area contributed by atoms with Gasteiger partial charge < -0.3 is 20.5 Å². The number of carbonyl (C=O) groups is 1. The van der Waals surface area contributed by atoms with Gasteiger partial charge >= 0.3 is 0 Å². The molecule has 3 N–H and O–H groups in total. The summed E-state index contributed by atoms with van der Waals surface area (Å²) in [5.41, 5.74) is 5.12. The van der Waals surface area contributed by atoms with E-state index in [2.05, 4.69) is 5.32 Å². The summed E-state index contributed by atoms with van der Waals surface area (Å²) in [5, 5.41) is 2.93. The Morgan fingerprint density at radius 2 is 2.27 bits per heavy atom. The lowest BCUT2D eigenvalue weighted by Crippen LogP contribution is -2.57. The second-order valence-electron chi connectivity index (χ2n) is 4.35. The maximum atomic E-state index is 11.9. The van der Waals surface area contributed by atoms with Crippen molar-refractivity contribution in [3.05, 3.63) is 0 Å². The Labute approximate surface area is 89.3 Å². The van der Waals surface area contributed by atoms with Crippen molar-refractivity contribution in [1.82, 2.24) is 5.32 Å². The Hall–Kier alpha value is -0.650. The molecule has 2 aliphatic rings. The summed E-state index contributed by atoms with van der Waals surface area (Å²) < 4.78 is 10.4. The molecule has 5 heteroatoms. The summed E-state index contributed by atoms with van der Waals surface area (Å²) in [6.07, 6.45) is 2.58. The summed E-state index contributed by atoms with van der Waals surface area (Å²) in [7, 11) is 0. The molecule has 0 saturated carbocycles. The van der Waals surface area contributed by atoms with Gasteiger partial charge in [0.2, 0.25) is 5.91 Å². The minimum atomic E-state index is -0.822. The average molecular weight is 214 g/mol. The Morgan fingerprint density at radius 1 is 1.40 bits per heavy atom. The van der Waals surface area contributed by atoms with E-state index >= 15 is 0 Å². The number of ether oxygens (including phenoxy) is 2. The average Bonchev–Trinajstić information content (AvgIpc) is 2.68. The van der Waals surface area contributed by atoms with E-state index in [1.165, 1.54) is 0 Å². The van der Waals surface area contributed by atoms with Crippen LogP contribution >= 0.6 is 0 Å². The minimum absolute atomic E-state index is 0.101. The Kier molecular flexibility index (Phi) is 3.23. The van der Waals surface area contributed by atoms with Crippen LogP contribution in [-0.4, -0.2) is 43.9 Å². The zero-order chi connectivity index (χ0) is 10.7. The van der Waals surface area contributed by atoms with E-state index in [0.717, 1.165) is 19.4 Å². The molecular weight excluding hydrogens is 196 g/mol. The van der Waals surface area contributed by atoms with Crippen molar-refractivity contribution in [1.29, 1.82) is 0 Å². The van der Waals surface area contributed by atoms with Crippen LogP contribution in [0.25, 0.3) is 0 Å². The highest BCUT2D eigenvalue weighted by molar-refractivity contribution is 5.86. The molecule has 1 amide bonds. The van der Waals surface area contributed by atoms with E-state index in [9.17, 15) is 4.79 Å². The third-order valence-corrected chi connectivity index (χ3v) is 3.00. The van der Waals surface area contributed by atoms with Crippen LogP contribution < -0.4 is 11.1 Å². The highest BCUT2D eigenvalue weighted by atomic mass is 16.5. The van der Waals surface area contributed by atoms with Gasteiger partial charge in [-0.05, 0) is 19.3 Å². The molecule has 0 bridgehead atoms. The van der Waals surface area contributed by atoms with E-state index in [4.69, 9.17) is 15.2 Å². The van der Waals surface area contributed by atoms with Gasteiger partial charge in [-0.15, -0.1) is 0 Å². The van der Waals surface area contributed by atoms with Gasteiger partial charge in [-0.2, -0.15) is 0 Å². The number of hydrogen-bond donors (Lipinski definition) is 2. The van der Waals surface area contributed by atoms with Crippen LogP contribution in [0.5, 0.6) is 0 Å². The maximum Gasteiger partial charge on any atom is 0.242 e. The van der Waals surface area contributed by atoms with Crippen LogP contribution in [0.3, 0.4) is 0 Å². The van der Waals surface area contributed by atoms with Crippen LogP contribution in [0.1, 0.15) is 19.3 Å². The van der Waals surface area contributed by atoms with E-state index in [1.807, 2.05) is 0 Å². The van der Waals surface area contributed by atoms with Crippen molar-refractivity contribution in [3.8, 4) is 0 Å². The highest BCUT2D eigenvalue weighted by Crippen LogP contribution is 2.16. The van der Waals surface area contributed by atoms with Gasteiger partial charge in [0.1, 0.15) is 5.54 Å². The number of carbonyl (C=O) groups excluding carboxylic acids is 1. The first-order valence-corrected chi connectivity index (χ1v) is 5.46. The molecule has 2 saturated heterocycles. The quantitative estimate of drug-likeness (QED) is 0.643. The summed E-state index contributed by atoms with van der Waals surface area (Å²) in [5.74, 6) is -0.101. The van der Waals surface area contributed by atoms with Crippen LogP contribution in [0.4, 0.5) is 0 Å². The molecule has 0 radical (unpaired) electrons. The fraction of sp³-hybridized carbons (Fsp3) is 0.900. The molecule has 2 aliphatic heterocycles. The molecule has 2 rings (SSSR count).